The van der Waals surface area contributed by atoms with E-state index in [9.17, 15) is 0 Å². The van der Waals surface area contributed by atoms with Crippen LogP contribution in [0.5, 0.6) is 0 Å². The number of fused-ring (bicyclic) bond motifs is 5. The summed E-state index contributed by atoms with van der Waals surface area (Å²) in [6, 6.07) is 0. The van der Waals surface area contributed by atoms with E-state index in [1.165, 1.54) is 76.5 Å². The molecule has 13 fully saturated rings. The van der Waals surface area contributed by atoms with Crippen molar-refractivity contribution in [3.8, 4) is 0 Å². The molecule has 13 aliphatic carbocycles. The first-order chi connectivity index (χ1) is 31.6. The van der Waals surface area contributed by atoms with E-state index in [-0.39, 0.29) is 14.9 Å². The summed E-state index contributed by atoms with van der Waals surface area (Å²) in [5, 5.41) is 0. The van der Waals surface area contributed by atoms with E-state index in [1.54, 1.807) is 180 Å². The molecule has 0 saturated heterocycles. The van der Waals surface area contributed by atoms with Crippen molar-refractivity contribution in [1.82, 2.24) is 0 Å². The van der Waals surface area contributed by atoms with Crippen LogP contribution in [0.1, 0.15) is 307 Å². The van der Waals surface area contributed by atoms with Gasteiger partial charge >= 0.3 is 0 Å². The van der Waals surface area contributed by atoms with Gasteiger partial charge in [0.2, 0.25) is 0 Å². The molecule has 13 saturated carbocycles. The van der Waals surface area contributed by atoms with Gasteiger partial charge in [0, 0.05) is 0 Å². The standard InChI is InChI=1S/C14H24.2C11H20.2C10H18.C9H16.2CH4/c1-10-8-12-6-2-4-11-5-3-7-13(9-10)14(11)12;1-9-6-7-10-4-2-3-5-11(10)8-9;1-9-7-10-5-3-2-4-6-11(10)8-9;1-8-5-6-9-3-2-4-10(9)7-8;1-8-6-9-4-2-3-5-10(9)7-8;1-7-5-8-3-2-4-9(8)6-7;;/h10-14H,2-9H2,1H3;2*9-11H,2-8H2,1H3;2*8-10H,2-7H2,1H3;7-9H,2-6H2,1H3;2*1H4. The Morgan fingerprint density at radius 3 is 0.716 bits per heavy atom. The fourth-order valence-corrected chi connectivity index (χ4v) is 20.2. The Bertz CT molecular complexity index is 1250. The fraction of sp³-hybridized carbons (Fsp3) is 1.00. The van der Waals surface area contributed by atoms with Crippen LogP contribution in [0.2, 0.25) is 0 Å². The lowest BCUT2D eigenvalue weighted by Crippen LogP contribution is -2.41. The smallest absolute Gasteiger partial charge is 0.0329 e. The van der Waals surface area contributed by atoms with Crippen LogP contribution in [0, 0.1) is 118 Å². The Kier molecular flexibility index (Phi) is 23.9. The van der Waals surface area contributed by atoms with Gasteiger partial charge in [-0.15, -0.1) is 0 Å². The number of hydrogen-bond acceptors (Lipinski definition) is 0. The van der Waals surface area contributed by atoms with Crippen molar-refractivity contribution in [2.45, 2.75) is 307 Å². The second-order valence-electron chi connectivity index (χ2n) is 28.5. The lowest BCUT2D eigenvalue weighted by atomic mass is 9.55. The predicted octanol–water partition coefficient (Wildman–Crippen LogP) is 22.0. The molecule has 0 aromatic rings. The first-order valence-electron chi connectivity index (χ1n) is 31.6. The molecule has 0 heterocycles. The summed E-state index contributed by atoms with van der Waals surface area (Å²) in [5.74, 6) is 22.3. The second kappa shape index (κ2) is 28.5. The molecule has 0 aliphatic heterocycles. The van der Waals surface area contributed by atoms with Gasteiger partial charge in [0.1, 0.15) is 0 Å². The molecule has 0 spiro atoms. The van der Waals surface area contributed by atoms with Gasteiger partial charge in [-0.25, -0.2) is 0 Å². The quantitative estimate of drug-likeness (QED) is 0.227. The summed E-state index contributed by atoms with van der Waals surface area (Å²) in [6.45, 7) is 14.6. The normalized spacial score (nSPS) is 46.5. The molecule has 13 aliphatic rings. The molecule has 13 rings (SSSR count). The zero-order valence-corrected chi connectivity index (χ0v) is 45.1. The minimum Gasteiger partial charge on any atom is -0.0776 e. The maximum Gasteiger partial charge on any atom is -0.0329 e. The first kappa shape index (κ1) is 56.3. The third kappa shape index (κ3) is 16.5. The minimum atomic E-state index is 0. The molecule has 14 unspecified atom stereocenters. The molecule has 392 valence electrons. The van der Waals surface area contributed by atoms with Gasteiger partial charge in [-0.3, -0.25) is 0 Å². The third-order valence-electron chi connectivity index (χ3n) is 23.1. The van der Waals surface area contributed by atoms with Crippen LogP contribution < -0.4 is 0 Å². The lowest BCUT2D eigenvalue weighted by molar-refractivity contribution is -0.00711. The molecule has 0 amide bonds. The largest absolute Gasteiger partial charge is 0.0776 e. The Morgan fingerprint density at radius 2 is 0.373 bits per heavy atom. The van der Waals surface area contributed by atoms with Crippen molar-refractivity contribution in [2.75, 3.05) is 0 Å². The van der Waals surface area contributed by atoms with Gasteiger partial charge in [0.15, 0.2) is 0 Å². The lowest BCUT2D eigenvalue weighted by Gasteiger charge is -2.51. The van der Waals surface area contributed by atoms with E-state index in [1.807, 2.05) is 0 Å². The zero-order valence-electron chi connectivity index (χ0n) is 45.1. The highest BCUT2D eigenvalue weighted by Gasteiger charge is 2.44. The molecule has 0 N–H and O–H groups in total. The van der Waals surface area contributed by atoms with Crippen LogP contribution in [-0.4, -0.2) is 0 Å². The summed E-state index contributed by atoms with van der Waals surface area (Å²) < 4.78 is 0. The summed E-state index contributed by atoms with van der Waals surface area (Å²) >= 11 is 0. The van der Waals surface area contributed by atoms with Crippen molar-refractivity contribution < 1.29 is 0 Å². The minimum absolute atomic E-state index is 0. The molecule has 67 heavy (non-hydrogen) atoms. The summed E-state index contributed by atoms with van der Waals surface area (Å²) in [6.07, 6.45) is 60.2. The Hall–Kier alpha value is 0. The SMILES string of the molecule is C.C.CC1CC2CCCC2C1.CC1CC2CCCC3CCCC(C1)C32.CC1CC2CCCCC2C1.CC1CC2CCCCCC2C1.CC1CCC2CCCC2C1.CC1CCC2CCCCC2C1. The predicted molar refractivity (Wildman–Crippen MR) is 297 cm³/mol. The van der Waals surface area contributed by atoms with Crippen molar-refractivity contribution in [3.63, 3.8) is 0 Å². The topological polar surface area (TPSA) is 0 Å². The van der Waals surface area contributed by atoms with Crippen molar-refractivity contribution in [1.29, 1.82) is 0 Å². The molecule has 0 heteroatoms. The van der Waals surface area contributed by atoms with E-state index in [2.05, 4.69) is 41.5 Å². The van der Waals surface area contributed by atoms with Gasteiger partial charge in [-0.05, 0) is 195 Å². The van der Waals surface area contributed by atoms with Crippen LogP contribution in [-0.2, 0) is 0 Å². The average molecular weight is 930 g/mol. The molecule has 0 nitrogen and oxygen atoms in total. The van der Waals surface area contributed by atoms with Crippen molar-refractivity contribution >= 4 is 0 Å². The number of hydrogen-bond donors (Lipinski definition) is 0. The van der Waals surface area contributed by atoms with Gasteiger partial charge < -0.3 is 0 Å². The Labute approximate surface area is 423 Å². The van der Waals surface area contributed by atoms with Crippen LogP contribution >= 0.6 is 0 Å². The average Bonchev–Trinajstić information content (AvgIpc) is 4.14. The highest BCUT2D eigenvalue weighted by atomic mass is 14.5. The Morgan fingerprint density at radius 1 is 0.164 bits per heavy atom. The van der Waals surface area contributed by atoms with E-state index in [0.717, 1.165) is 112 Å². The van der Waals surface area contributed by atoms with E-state index in [4.69, 9.17) is 0 Å². The monoisotopic (exact) mass is 929 g/mol. The summed E-state index contributed by atoms with van der Waals surface area (Å²) in [5.41, 5.74) is 0. The summed E-state index contributed by atoms with van der Waals surface area (Å²) in [4.78, 5) is 0. The Balaban J connectivity index is 0.000000133. The molecule has 0 radical (unpaired) electrons. The maximum atomic E-state index is 2.49. The van der Waals surface area contributed by atoms with Crippen LogP contribution in [0.4, 0.5) is 0 Å². The molecule has 14 atom stereocenters. The molecular formula is C67H124. The highest BCUT2D eigenvalue weighted by molar-refractivity contribution is 4.94. The van der Waals surface area contributed by atoms with Crippen LogP contribution in [0.25, 0.3) is 0 Å². The molecule has 0 aromatic heterocycles. The third-order valence-corrected chi connectivity index (χ3v) is 23.1. The van der Waals surface area contributed by atoms with E-state index < -0.39 is 0 Å². The molecular weight excluding hydrogens is 805 g/mol. The van der Waals surface area contributed by atoms with Gasteiger partial charge in [-0.2, -0.15) is 0 Å². The van der Waals surface area contributed by atoms with E-state index >= 15 is 0 Å². The van der Waals surface area contributed by atoms with Gasteiger partial charge in [-0.1, -0.05) is 230 Å². The second-order valence-corrected chi connectivity index (χ2v) is 28.5. The first-order valence-corrected chi connectivity index (χ1v) is 31.6. The van der Waals surface area contributed by atoms with Gasteiger partial charge in [0.25, 0.3) is 0 Å². The molecule has 0 bridgehead atoms. The highest BCUT2D eigenvalue weighted by Crippen LogP contribution is 2.54. The zero-order chi connectivity index (χ0) is 45.1. The molecule has 0 aromatic carbocycles. The number of rotatable bonds is 0. The van der Waals surface area contributed by atoms with Crippen LogP contribution in [0.3, 0.4) is 0 Å². The van der Waals surface area contributed by atoms with Crippen LogP contribution in [0.15, 0.2) is 0 Å². The summed E-state index contributed by atoms with van der Waals surface area (Å²) in [7, 11) is 0. The van der Waals surface area contributed by atoms with Crippen molar-refractivity contribution in [3.05, 3.63) is 0 Å². The van der Waals surface area contributed by atoms with Crippen molar-refractivity contribution in [2.24, 2.45) is 118 Å². The fourth-order valence-electron chi connectivity index (χ4n) is 20.2. The van der Waals surface area contributed by atoms with Gasteiger partial charge in [0.05, 0.1) is 0 Å². The maximum absolute atomic E-state index is 2.49. The van der Waals surface area contributed by atoms with E-state index in [0.29, 0.717) is 0 Å².